The first-order chi connectivity index (χ1) is 10.2. The van der Waals surface area contributed by atoms with Crippen LogP contribution in [0.25, 0.3) is 0 Å². The van der Waals surface area contributed by atoms with E-state index in [-0.39, 0.29) is 0 Å². The Kier molecular flexibility index (Phi) is 4.18. The van der Waals surface area contributed by atoms with Gasteiger partial charge in [0.15, 0.2) is 0 Å². The lowest BCUT2D eigenvalue weighted by molar-refractivity contribution is -0.150. The number of hydrogen-bond donors (Lipinski definition) is 1. The fourth-order valence-corrected chi connectivity index (χ4v) is 3.97. The van der Waals surface area contributed by atoms with Crippen molar-refractivity contribution in [3.63, 3.8) is 0 Å². The molecular weight excluding hydrogens is 262 g/mol. The van der Waals surface area contributed by atoms with Crippen molar-refractivity contribution in [3.05, 3.63) is 29.8 Å². The molecule has 1 aromatic rings. The zero-order valence-electron chi connectivity index (χ0n) is 12.7. The van der Waals surface area contributed by atoms with E-state index in [0.29, 0.717) is 6.54 Å². The van der Waals surface area contributed by atoms with E-state index >= 15 is 0 Å². The van der Waals surface area contributed by atoms with Crippen LogP contribution in [0.2, 0.25) is 0 Å². The number of anilines is 1. The third-order valence-corrected chi connectivity index (χ3v) is 5.21. The van der Waals surface area contributed by atoms with E-state index in [0.717, 1.165) is 45.1 Å². The second-order valence-corrected chi connectivity index (χ2v) is 6.65. The summed E-state index contributed by atoms with van der Waals surface area (Å²) in [5, 5.41) is 9.81. The predicted octanol–water partition coefficient (Wildman–Crippen LogP) is 3.86. The van der Waals surface area contributed by atoms with Crippen molar-refractivity contribution < 1.29 is 9.90 Å². The molecule has 0 bridgehead atoms. The zero-order valence-corrected chi connectivity index (χ0v) is 12.7. The monoisotopic (exact) mass is 287 g/mol. The van der Waals surface area contributed by atoms with Gasteiger partial charge >= 0.3 is 5.97 Å². The molecule has 0 spiro atoms. The number of carboxylic acids is 1. The molecule has 0 amide bonds. The van der Waals surface area contributed by atoms with Gasteiger partial charge < -0.3 is 10.0 Å². The van der Waals surface area contributed by atoms with E-state index < -0.39 is 11.4 Å². The van der Waals surface area contributed by atoms with Crippen LogP contribution in [0.4, 0.5) is 5.69 Å². The molecule has 1 aliphatic carbocycles. The third kappa shape index (κ3) is 2.92. The maximum Gasteiger partial charge on any atom is 0.311 e. The van der Waals surface area contributed by atoms with Crippen molar-refractivity contribution in [2.24, 2.45) is 5.41 Å². The number of aryl methyl sites for hydroxylation is 1. The van der Waals surface area contributed by atoms with Crippen molar-refractivity contribution in [2.45, 2.75) is 51.4 Å². The molecule has 1 N–H and O–H groups in total. The van der Waals surface area contributed by atoms with Crippen LogP contribution in [0.3, 0.4) is 0 Å². The highest BCUT2D eigenvalue weighted by atomic mass is 16.4. The lowest BCUT2D eigenvalue weighted by atomic mass is 9.73. The smallest absolute Gasteiger partial charge is 0.311 e. The number of rotatable bonds is 3. The fraction of sp³-hybridized carbons (Fsp3) is 0.611. The summed E-state index contributed by atoms with van der Waals surface area (Å²) in [5.74, 6) is -0.594. The SMILES string of the molecule is O=C(O)C1(CN2CCCCc3ccccc32)CCCCC1. The van der Waals surface area contributed by atoms with Crippen LogP contribution in [-0.2, 0) is 11.2 Å². The maximum absolute atomic E-state index is 11.9. The van der Waals surface area contributed by atoms with E-state index in [2.05, 4.69) is 29.2 Å². The maximum atomic E-state index is 11.9. The molecule has 3 heteroatoms. The van der Waals surface area contributed by atoms with E-state index in [1.165, 1.54) is 24.1 Å². The first kappa shape index (κ1) is 14.4. The van der Waals surface area contributed by atoms with Crippen molar-refractivity contribution in [1.29, 1.82) is 0 Å². The van der Waals surface area contributed by atoms with E-state index in [9.17, 15) is 9.90 Å². The van der Waals surface area contributed by atoms with Gasteiger partial charge in [0.05, 0.1) is 5.41 Å². The molecule has 1 fully saturated rings. The highest BCUT2D eigenvalue weighted by Crippen LogP contribution is 2.39. The molecule has 2 aliphatic rings. The number of hydrogen-bond acceptors (Lipinski definition) is 2. The Bertz CT molecular complexity index is 506. The van der Waals surface area contributed by atoms with Gasteiger partial charge in [0.25, 0.3) is 0 Å². The summed E-state index contributed by atoms with van der Waals surface area (Å²) in [7, 11) is 0. The second kappa shape index (κ2) is 6.08. The molecule has 0 saturated heterocycles. The molecule has 0 unspecified atom stereocenters. The molecule has 1 aliphatic heterocycles. The number of benzene rings is 1. The van der Waals surface area contributed by atoms with Crippen LogP contribution in [0.5, 0.6) is 0 Å². The minimum Gasteiger partial charge on any atom is -0.481 e. The number of carbonyl (C=O) groups is 1. The normalized spacial score (nSPS) is 21.4. The van der Waals surface area contributed by atoms with E-state index in [4.69, 9.17) is 0 Å². The molecule has 0 aromatic heterocycles. The van der Waals surface area contributed by atoms with Gasteiger partial charge in [-0.1, -0.05) is 37.5 Å². The van der Waals surface area contributed by atoms with Gasteiger partial charge in [0, 0.05) is 18.8 Å². The number of fused-ring (bicyclic) bond motifs is 1. The molecule has 1 heterocycles. The Hall–Kier alpha value is -1.51. The number of para-hydroxylation sites is 1. The molecule has 1 saturated carbocycles. The molecule has 3 nitrogen and oxygen atoms in total. The summed E-state index contributed by atoms with van der Waals surface area (Å²) in [6.07, 6.45) is 8.45. The van der Waals surface area contributed by atoms with Crippen molar-refractivity contribution in [3.8, 4) is 0 Å². The summed E-state index contributed by atoms with van der Waals surface area (Å²) in [5.41, 5.74) is 2.11. The summed E-state index contributed by atoms with van der Waals surface area (Å²) < 4.78 is 0. The Morgan fingerprint density at radius 3 is 2.62 bits per heavy atom. The van der Waals surface area contributed by atoms with Gasteiger partial charge in [-0.25, -0.2) is 0 Å². The quantitative estimate of drug-likeness (QED) is 0.917. The molecule has 21 heavy (non-hydrogen) atoms. The van der Waals surface area contributed by atoms with Crippen LogP contribution < -0.4 is 4.90 Å². The van der Waals surface area contributed by atoms with Gasteiger partial charge in [0.2, 0.25) is 0 Å². The van der Waals surface area contributed by atoms with Gasteiger partial charge in [-0.15, -0.1) is 0 Å². The molecular formula is C18H25NO2. The molecule has 3 rings (SSSR count). The average Bonchev–Trinajstić information content (AvgIpc) is 2.71. The first-order valence-corrected chi connectivity index (χ1v) is 8.28. The standard InChI is InChI=1S/C18H25NO2/c20-17(21)18(11-5-1-6-12-18)14-19-13-7-4-9-15-8-2-3-10-16(15)19/h2-3,8,10H,1,4-7,9,11-14H2,(H,20,21). The Balaban J connectivity index is 1.87. The van der Waals surface area contributed by atoms with Crippen LogP contribution >= 0.6 is 0 Å². The van der Waals surface area contributed by atoms with Crippen molar-refractivity contribution in [1.82, 2.24) is 0 Å². The second-order valence-electron chi connectivity index (χ2n) is 6.65. The van der Waals surface area contributed by atoms with Gasteiger partial charge in [-0.05, 0) is 43.7 Å². The topological polar surface area (TPSA) is 40.5 Å². The first-order valence-electron chi connectivity index (χ1n) is 8.28. The minimum absolute atomic E-state index is 0.532. The predicted molar refractivity (Wildman–Crippen MR) is 84.7 cm³/mol. The summed E-state index contributed by atoms with van der Waals surface area (Å²) >= 11 is 0. The van der Waals surface area contributed by atoms with Crippen LogP contribution in [-0.4, -0.2) is 24.2 Å². The highest BCUT2D eigenvalue weighted by molar-refractivity contribution is 5.76. The van der Waals surface area contributed by atoms with E-state index in [1.807, 2.05) is 0 Å². The summed E-state index contributed by atoms with van der Waals surface area (Å²) in [6.45, 7) is 1.67. The number of carboxylic acid groups (broad SMARTS) is 1. The summed E-state index contributed by atoms with van der Waals surface area (Å²) in [4.78, 5) is 14.3. The largest absolute Gasteiger partial charge is 0.481 e. The fourth-order valence-electron chi connectivity index (χ4n) is 3.97. The highest BCUT2D eigenvalue weighted by Gasteiger charge is 2.41. The zero-order chi connectivity index (χ0) is 14.7. The Morgan fingerprint density at radius 2 is 1.86 bits per heavy atom. The lowest BCUT2D eigenvalue weighted by Crippen LogP contribution is -2.45. The van der Waals surface area contributed by atoms with Gasteiger partial charge in [-0.2, -0.15) is 0 Å². The van der Waals surface area contributed by atoms with Gasteiger partial charge in [-0.3, -0.25) is 4.79 Å². The molecule has 0 radical (unpaired) electrons. The lowest BCUT2D eigenvalue weighted by Gasteiger charge is -2.39. The third-order valence-electron chi connectivity index (χ3n) is 5.21. The Labute approximate surface area is 127 Å². The van der Waals surface area contributed by atoms with Crippen LogP contribution in [0, 0.1) is 5.41 Å². The van der Waals surface area contributed by atoms with Crippen LogP contribution in [0.1, 0.15) is 50.5 Å². The number of aliphatic carboxylic acids is 1. The molecule has 0 atom stereocenters. The Morgan fingerprint density at radius 1 is 1.10 bits per heavy atom. The van der Waals surface area contributed by atoms with E-state index in [1.54, 1.807) is 0 Å². The van der Waals surface area contributed by atoms with Gasteiger partial charge in [0.1, 0.15) is 0 Å². The number of nitrogens with zero attached hydrogens (tertiary/aromatic N) is 1. The summed E-state index contributed by atoms with van der Waals surface area (Å²) in [6, 6.07) is 8.53. The van der Waals surface area contributed by atoms with Crippen molar-refractivity contribution in [2.75, 3.05) is 18.0 Å². The van der Waals surface area contributed by atoms with Crippen molar-refractivity contribution >= 4 is 11.7 Å². The molecule has 1 aromatic carbocycles. The van der Waals surface area contributed by atoms with Crippen LogP contribution in [0.15, 0.2) is 24.3 Å². The molecule has 114 valence electrons. The average molecular weight is 287 g/mol. The minimum atomic E-state index is -0.594.